The van der Waals surface area contributed by atoms with E-state index in [0.29, 0.717) is 0 Å². The minimum absolute atomic E-state index is 0.0440. The highest BCUT2D eigenvalue weighted by molar-refractivity contribution is 6.19. The molecule has 0 radical (unpaired) electrons. The molecule has 16 aromatic rings. The molecule has 550 valence electrons. The van der Waals surface area contributed by atoms with E-state index in [4.69, 9.17) is 8.83 Å². The van der Waals surface area contributed by atoms with E-state index in [1.54, 1.807) is 11.1 Å². The highest BCUT2D eigenvalue weighted by atomic mass is 16.3. The van der Waals surface area contributed by atoms with Crippen molar-refractivity contribution in [3.63, 3.8) is 0 Å². The van der Waals surface area contributed by atoms with Gasteiger partial charge in [0.2, 0.25) is 0 Å². The van der Waals surface area contributed by atoms with E-state index < -0.39 is 0 Å². The molecule has 2 aromatic heterocycles. The smallest absolute Gasteiger partial charge is 0.143 e. The lowest BCUT2D eigenvalue weighted by Crippen LogP contribution is -2.25. The Labute approximate surface area is 660 Å². The third-order valence-corrected chi connectivity index (χ3v) is 28.0. The normalized spacial score (nSPS) is 15.5. The molecule has 0 saturated heterocycles. The Hall–Kier alpha value is -11.3. The van der Waals surface area contributed by atoms with Crippen molar-refractivity contribution >= 4 is 71.7 Å². The van der Waals surface area contributed by atoms with Crippen LogP contribution in [0.4, 0.5) is 17.1 Å². The Morgan fingerprint density at radius 1 is 0.268 bits per heavy atom. The molecule has 112 heavy (non-hydrogen) atoms. The van der Waals surface area contributed by atoms with Gasteiger partial charge in [-0.3, -0.25) is 0 Å². The fraction of sp³-hybridized carbons (Fsp3) is 0.248. The fourth-order valence-corrected chi connectivity index (χ4v) is 22.0. The molecule has 3 heteroatoms. The molecule has 0 atom stereocenters. The van der Waals surface area contributed by atoms with E-state index in [1.165, 1.54) is 226 Å². The summed E-state index contributed by atoms with van der Waals surface area (Å²) < 4.78 is 13.7. The molecule has 0 amide bonds. The molecule has 5 aliphatic rings. The minimum Gasteiger partial charge on any atom is -0.456 e. The molecule has 21 rings (SSSR count). The van der Waals surface area contributed by atoms with Gasteiger partial charge in [0.25, 0.3) is 0 Å². The maximum absolute atomic E-state index is 7.15. The monoisotopic (exact) mass is 1450 g/mol. The predicted octanol–water partition coefficient (Wildman–Crippen LogP) is 31.3. The molecular formula is C109H97NO2. The number of rotatable bonds is 18. The molecule has 0 aliphatic heterocycles. The van der Waals surface area contributed by atoms with Crippen molar-refractivity contribution in [3.05, 3.63) is 316 Å². The maximum atomic E-state index is 7.15. The van der Waals surface area contributed by atoms with Gasteiger partial charge in [0, 0.05) is 70.9 Å². The van der Waals surface area contributed by atoms with Crippen LogP contribution >= 0.6 is 0 Å². The van der Waals surface area contributed by atoms with Gasteiger partial charge in [0.05, 0.1) is 5.69 Å². The van der Waals surface area contributed by atoms with Crippen molar-refractivity contribution in [2.24, 2.45) is 0 Å². The number of furan rings is 2. The number of para-hydroxylation sites is 2. The standard InChI is InChI=1S/C109H97NO2/c1-11-13-15-17-27-56-109(57-28-18-16-14-12-2)86-36-24-21-33-75(86)78-51-46-71(60-94(78)109)70-45-50-77-76-49-44-69(58-88(76)106(5,6)89(77)59-70)66-40-42-68(43-41-66)83-63-95-100(103-82-35-23-26-39-98(82)112-104(83)103)80-53-48-73(62-91(80)108(95,9)10)110(96-37-29-31-67-30-19-20-32-74(67)96)72-47-52-79-84-64-93-85(65-92(84)107(7,8)90(79)61-72)101-87(105(93,3)4)54-55-99-102(101)81-34-22-25-38-97(81)111-99/h19-26,29-55,58-65H,11-18,27-28,56-57H2,1-10H3. The van der Waals surface area contributed by atoms with Crippen molar-refractivity contribution in [2.45, 2.75) is 173 Å². The summed E-state index contributed by atoms with van der Waals surface area (Å²) in [6.45, 7) is 24.1. The maximum Gasteiger partial charge on any atom is 0.143 e. The molecule has 3 nitrogen and oxygen atoms in total. The number of hydrogen-bond acceptors (Lipinski definition) is 3. The molecule has 14 aromatic carbocycles. The summed E-state index contributed by atoms with van der Waals surface area (Å²) in [6.07, 6.45) is 15.5. The number of fused-ring (bicyclic) bond motifs is 24. The Kier molecular flexibility index (Phi) is 15.6. The first kappa shape index (κ1) is 68.7. The van der Waals surface area contributed by atoms with Crippen molar-refractivity contribution in [1.29, 1.82) is 0 Å². The van der Waals surface area contributed by atoms with Crippen molar-refractivity contribution in [2.75, 3.05) is 4.90 Å². The van der Waals surface area contributed by atoms with E-state index in [1.807, 2.05) is 0 Å². The molecule has 0 unspecified atom stereocenters. The summed E-state index contributed by atoms with van der Waals surface area (Å²) in [5.74, 6) is 0. The van der Waals surface area contributed by atoms with Crippen LogP contribution in [0.2, 0.25) is 0 Å². The lowest BCUT2D eigenvalue weighted by molar-refractivity contribution is 0.399. The minimum atomic E-state index is -0.384. The predicted molar refractivity (Wildman–Crippen MR) is 473 cm³/mol. The van der Waals surface area contributed by atoms with Crippen LogP contribution < -0.4 is 4.90 Å². The van der Waals surface area contributed by atoms with Crippen molar-refractivity contribution < 1.29 is 8.83 Å². The van der Waals surface area contributed by atoms with Crippen LogP contribution in [0.15, 0.2) is 270 Å². The lowest BCUT2D eigenvalue weighted by Gasteiger charge is -2.33. The van der Waals surface area contributed by atoms with Gasteiger partial charge in [-0.2, -0.15) is 0 Å². The zero-order chi connectivity index (χ0) is 75.9. The summed E-state index contributed by atoms with van der Waals surface area (Å²) in [4.78, 5) is 2.54. The molecule has 0 N–H and O–H groups in total. The van der Waals surface area contributed by atoms with Gasteiger partial charge < -0.3 is 13.7 Å². The van der Waals surface area contributed by atoms with E-state index in [9.17, 15) is 0 Å². The van der Waals surface area contributed by atoms with E-state index in [-0.39, 0.29) is 27.1 Å². The van der Waals surface area contributed by atoms with Crippen LogP contribution in [0, 0.1) is 0 Å². The molecule has 0 bridgehead atoms. The van der Waals surface area contributed by atoms with Gasteiger partial charge in [0.15, 0.2) is 0 Å². The van der Waals surface area contributed by atoms with Crippen LogP contribution in [-0.2, 0) is 27.1 Å². The number of unbranched alkanes of at least 4 members (excludes halogenated alkanes) is 8. The van der Waals surface area contributed by atoms with Gasteiger partial charge in [-0.25, -0.2) is 0 Å². The van der Waals surface area contributed by atoms with Crippen LogP contribution in [0.3, 0.4) is 0 Å². The lowest BCUT2D eigenvalue weighted by atomic mass is 9.70. The summed E-state index contributed by atoms with van der Waals surface area (Å²) in [5.41, 5.74) is 40.8. The van der Waals surface area contributed by atoms with Crippen LogP contribution in [0.25, 0.3) is 144 Å². The Bertz CT molecular complexity index is 6590. The van der Waals surface area contributed by atoms with Crippen molar-refractivity contribution in [1.82, 2.24) is 0 Å². The first-order valence-electron chi connectivity index (χ1n) is 41.8. The second-order valence-corrected chi connectivity index (χ2v) is 35.7. The topological polar surface area (TPSA) is 29.5 Å². The second-order valence-electron chi connectivity index (χ2n) is 35.7. The number of hydrogen-bond donors (Lipinski definition) is 0. The second kappa shape index (κ2) is 25.4. The molecular weight excluding hydrogens is 1360 g/mol. The molecule has 0 fully saturated rings. The SMILES string of the molecule is CCCCCCCC1(CCCCCCC)c2ccccc2-c2ccc(-c3ccc4c(c3)C(C)(C)c3cc(-c5ccc(-c6cc7c(c8c6oc6ccccc68)-c6ccc(N(c8ccc9c(c8)C(C)(C)c8cc%10c(cc8-9)C(C)(C)c8ccc9oc%11ccccc%11c9c8-%10)c8cccc9ccccc89)cc6C7(C)C)cc5)ccc3-4)cc21. The Morgan fingerprint density at radius 3 is 1.39 bits per heavy atom. The fourth-order valence-electron chi connectivity index (χ4n) is 22.0. The van der Waals surface area contributed by atoms with Crippen LogP contribution in [-0.4, -0.2) is 0 Å². The zero-order valence-electron chi connectivity index (χ0n) is 66.6. The number of benzene rings is 14. The van der Waals surface area contributed by atoms with Crippen molar-refractivity contribution in [3.8, 4) is 89.0 Å². The Morgan fingerprint density at radius 2 is 0.714 bits per heavy atom. The van der Waals surface area contributed by atoms with E-state index >= 15 is 0 Å². The average molecular weight is 1450 g/mol. The first-order chi connectivity index (χ1) is 54.5. The summed E-state index contributed by atoms with van der Waals surface area (Å²) >= 11 is 0. The summed E-state index contributed by atoms with van der Waals surface area (Å²) in [6, 6.07) is 101. The molecule has 2 heterocycles. The summed E-state index contributed by atoms with van der Waals surface area (Å²) in [5, 5.41) is 7.13. The third kappa shape index (κ3) is 10.0. The van der Waals surface area contributed by atoms with E-state index in [2.05, 4.69) is 335 Å². The highest BCUT2D eigenvalue weighted by Crippen LogP contribution is 2.62. The Balaban J connectivity index is 0.614. The van der Waals surface area contributed by atoms with Gasteiger partial charge >= 0.3 is 0 Å². The van der Waals surface area contributed by atoms with Gasteiger partial charge in [-0.15, -0.1) is 0 Å². The van der Waals surface area contributed by atoms with Gasteiger partial charge in [0.1, 0.15) is 22.3 Å². The first-order valence-corrected chi connectivity index (χ1v) is 41.8. The largest absolute Gasteiger partial charge is 0.456 e. The third-order valence-electron chi connectivity index (χ3n) is 28.0. The van der Waals surface area contributed by atoms with E-state index in [0.717, 1.165) is 55.9 Å². The number of nitrogens with zero attached hydrogens (tertiary/aromatic N) is 1. The average Bonchev–Trinajstić information content (AvgIpc) is 1.55. The summed E-state index contributed by atoms with van der Waals surface area (Å²) in [7, 11) is 0. The number of anilines is 3. The van der Waals surface area contributed by atoms with Crippen LogP contribution in [0.5, 0.6) is 0 Å². The molecule has 5 aliphatic carbocycles. The highest BCUT2D eigenvalue weighted by Gasteiger charge is 2.46. The quantitative estimate of drug-likeness (QED) is 0.0802. The van der Waals surface area contributed by atoms with Gasteiger partial charge in [-0.1, -0.05) is 309 Å². The van der Waals surface area contributed by atoms with Gasteiger partial charge in [-0.05, 0) is 242 Å². The molecule has 0 saturated carbocycles. The zero-order valence-corrected chi connectivity index (χ0v) is 66.6. The molecule has 0 spiro atoms. The van der Waals surface area contributed by atoms with Crippen LogP contribution in [0.1, 0.15) is 202 Å².